The number of nitrogens with one attached hydrogen (secondary N) is 2. The van der Waals surface area contributed by atoms with Crippen molar-refractivity contribution in [3.05, 3.63) is 50.9 Å². The molecule has 0 spiro atoms. The van der Waals surface area contributed by atoms with E-state index in [-0.39, 0.29) is 24.8 Å². The molecule has 0 saturated heterocycles. The van der Waals surface area contributed by atoms with E-state index >= 15 is 0 Å². The number of thiazole rings is 1. The van der Waals surface area contributed by atoms with Gasteiger partial charge in [-0.1, -0.05) is 23.7 Å². The standard InChI is InChI=1S/C16H19ClN4O2S/c1-11-10-24-16(18-11)7-14(22)19-20-15(23)9-21(2)8-12-3-5-13(17)6-4-12/h3-6,10H,7-9H2,1-2H3,(H,19,22)(H,20,23). The highest BCUT2D eigenvalue weighted by Crippen LogP contribution is 2.11. The maximum atomic E-state index is 11.9. The third-order valence-electron chi connectivity index (χ3n) is 3.10. The van der Waals surface area contributed by atoms with Crippen molar-refractivity contribution in [1.29, 1.82) is 0 Å². The van der Waals surface area contributed by atoms with Crippen LogP contribution in [-0.4, -0.2) is 35.3 Å². The van der Waals surface area contributed by atoms with Gasteiger partial charge in [0.05, 0.1) is 13.0 Å². The molecule has 6 nitrogen and oxygen atoms in total. The van der Waals surface area contributed by atoms with Crippen LogP contribution in [0.2, 0.25) is 5.02 Å². The summed E-state index contributed by atoms with van der Waals surface area (Å²) in [5.74, 6) is -0.576. The maximum absolute atomic E-state index is 11.9. The molecule has 1 heterocycles. The minimum atomic E-state index is -0.293. The van der Waals surface area contributed by atoms with E-state index in [1.165, 1.54) is 11.3 Å². The number of benzene rings is 1. The number of amides is 2. The monoisotopic (exact) mass is 366 g/mol. The SMILES string of the molecule is Cc1csc(CC(=O)NNC(=O)CN(C)Cc2ccc(Cl)cc2)n1. The van der Waals surface area contributed by atoms with Gasteiger partial charge >= 0.3 is 0 Å². The Morgan fingerprint density at radius 1 is 1.21 bits per heavy atom. The van der Waals surface area contributed by atoms with Gasteiger partial charge in [0, 0.05) is 22.6 Å². The first kappa shape index (κ1) is 18.4. The maximum Gasteiger partial charge on any atom is 0.252 e. The Bertz CT molecular complexity index is 702. The summed E-state index contributed by atoms with van der Waals surface area (Å²) in [7, 11) is 1.83. The Kier molecular flexibility index (Phi) is 6.72. The van der Waals surface area contributed by atoms with E-state index in [0.29, 0.717) is 11.6 Å². The fraction of sp³-hybridized carbons (Fsp3) is 0.312. The Labute approximate surface area is 149 Å². The van der Waals surface area contributed by atoms with Crippen molar-refractivity contribution in [3.8, 4) is 0 Å². The molecule has 0 radical (unpaired) electrons. The molecular formula is C16H19ClN4O2S. The molecule has 0 aliphatic rings. The van der Waals surface area contributed by atoms with Gasteiger partial charge in [-0.15, -0.1) is 11.3 Å². The summed E-state index contributed by atoms with van der Waals surface area (Å²) >= 11 is 7.26. The number of hydrogen-bond donors (Lipinski definition) is 2. The predicted molar refractivity (Wildman–Crippen MR) is 94.6 cm³/mol. The second-order valence-electron chi connectivity index (χ2n) is 5.45. The molecule has 0 aliphatic heterocycles. The zero-order valence-electron chi connectivity index (χ0n) is 13.5. The van der Waals surface area contributed by atoms with Crippen molar-refractivity contribution in [2.75, 3.05) is 13.6 Å². The van der Waals surface area contributed by atoms with E-state index in [4.69, 9.17) is 11.6 Å². The summed E-state index contributed by atoms with van der Waals surface area (Å²) in [5, 5.41) is 3.28. The van der Waals surface area contributed by atoms with E-state index in [9.17, 15) is 9.59 Å². The van der Waals surface area contributed by atoms with Gasteiger partial charge in [-0.25, -0.2) is 4.98 Å². The molecule has 2 aromatic rings. The summed E-state index contributed by atoms with van der Waals surface area (Å²) < 4.78 is 0. The molecule has 1 aromatic heterocycles. The van der Waals surface area contributed by atoms with Crippen LogP contribution < -0.4 is 10.9 Å². The third-order valence-corrected chi connectivity index (χ3v) is 4.32. The number of carbonyl (C=O) groups excluding carboxylic acids is 2. The highest BCUT2D eigenvalue weighted by molar-refractivity contribution is 7.09. The molecule has 24 heavy (non-hydrogen) atoms. The molecule has 0 atom stereocenters. The Hall–Kier alpha value is -1.96. The minimum Gasteiger partial charge on any atom is -0.293 e. The predicted octanol–water partition coefficient (Wildman–Crippen LogP) is 1.93. The van der Waals surface area contributed by atoms with Crippen LogP contribution >= 0.6 is 22.9 Å². The smallest absolute Gasteiger partial charge is 0.252 e. The molecule has 2 amide bonds. The number of aromatic nitrogens is 1. The van der Waals surface area contributed by atoms with Gasteiger partial charge in [0.25, 0.3) is 5.91 Å². The van der Waals surface area contributed by atoms with Gasteiger partial charge in [0.15, 0.2) is 0 Å². The van der Waals surface area contributed by atoms with Crippen molar-refractivity contribution in [2.24, 2.45) is 0 Å². The average Bonchev–Trinajstić information content (AvgIpc) is 2.92. The fourth-order valence-electron chi connectivity index (χ4n) is 2.05. The van der Waals surface area contributed by atoms with Gasteiger partial charge in [0.2, 0.25) is 5.91 Å². The van der Waals surface area contributed by atoms with Crippen LogP contribution in [0, 0.1) is 6.92 Å². The molecule has 0 fully saturated rings. The second-order valence-corrected chi connectivity index (χ2v) is 6.83. The first-order valence-electron chi connectivity index (χ1n) is 7.34. The molecule has 0 saturated carbocycles. The van der Waals surface area contributed by atoms with Crippen LogP contribution in [0.25, 0.3) is 0 Å². The first-order valence-corrected chi connectivity index (χ1v) is 8.60. The van der Waals surface area contributed by atoms with Crippen molar-refractivity contribution < 1.29 is 9.59 Å². The lowest BCUT2D eigenvalue weighted by atomic mass is 10.2. The molecule has 8 heteroatoms. The molecular weight excluding hydrogens is 348 g/mol. The Morgan fingerprint density at radius 2 is 1.88 bits per heavy atom. The lowest BCUT2D eigenvalue weighted by molar-refractivity contribution is -0.129. The van der Waals surface area contributed by atoms with Gasteiger partial charge in [-0.2, -0.15) is 0 Å². The van der Waals surface area contributed by atoms with Crippen LogP contribution in [0.5, 0.6) is 0 Å². The summed E-state index contributed by atoms with van der Waals surface area (Å²) in [6, 6.07) is 7.44. The summed E-state index contributed by atoms with van der Waals surface area (Å²) in [4.78, 5) is 29.7. The molecule has 0 bridgehead atoms. The van der Waals surface area contributed by atoms with E-state index in [1.807, 2.05) is 48.5 Å². The van der Waals surface area contributed by atoms with Crippen LogP contribution in [-0.2, 0) is 22.6 Å². The summed E-state index contributed by atoms with van der Waals surface area (Å²) in [6.45, 7) is 2.65. The number of carbonyl (C=O) groups is 2. The highest BCUT2D eigenvalue weighted by Gasteiger charge is 2.10. The van der Waals surface area contributed by atoms with E-state index in [2.05, 4.69) is 15.8 Å². The molecule has 1 aromatic carbocycles. The normalized spacial score (nSPS) is 10.7. The quantitative estimate of drug-likeness (QED) is 0.766. The van der Waals surface area contributed by atoms with Crippen molar-refractivity contribution in [3.63, 3.8) is 0 Å². The van der Waals surface area contributed by atoms with Crippen LogP contribution in [0.3, 0.4) is 0 Å². The topological polar surface area (TPSA) is 74.3 Å². The van der Waals surface area contributed by atoms with Gasteiger partial charge in [-0.3, -0.25) is 25.3 Å². The molecule has 128 valence electrons. The van der Waals surface area contributed by atoms with E-state index < -0.39 is 0 Å². The number of likely N-dealkylation sites (N-methyl/N-ethyl adjacent to an activating group) is 1. The highest BCUT2D eigenvalue weighted by atomic mass is 35.5. The van der Waals surface area contributed by atoms with E-state index in [0.717, 1.165) is 16.3 Å². The second kappa shape index (κ2) is 8.77. The summed E-state index contributed by atoms with van der Waals surface area (Å²) in [6.07, 6.45) is 0.152. The van der Waals surface area contributed by atoms with Gasteiger partial charge < -0.3 is 0 Å². The lowest BCUT2D eigenvalue weighted by Crippen LogP contribution is -2.46. The van der Waals surface area contributed by atoms with Crippen molar-refractivity contribution in [2.45, 2.75) is 19.9 Å². The number of nitrogens with zero attached hydrogens (tertiary/aromatic N) is 2. The van der Waals surface area contributed by atoms with E-state index in [1.54, 1.807) is 0 Å². The third kappa shape index (κ3) is 6.27. The Morgan fingerprint density at radius 3 is 2.50 bits per heavy atom. The first-order chi connectivity index (χ1) is 11.4. The number of aryl methyl sites for hydroxylation is 1. The summed E-state index contributed by atoms with van der Waals surface area (Å²) in [5.41, 5.74) is 6.75. The van der Waals surface area contributed by atoms with Gasteiger partial charge in [0.1, 0.15) is 5.01 Å². The average molecular weight is 367 g/mol. The molecule has 2 N–H and O–H groups in total. The lowest BCUT2D eigenvalue weighted by Gasteiger charge is -2.16. The van der Waals surface area contributed by atoms with Crippen LogP contribution in [0.15, 0.2) is 29.6 Å². The number of hydrogen-bond acceptors (Lipinski definition) is 5. The zero-order chi connectivity index (χ0) is 17.5. The fourth-order valence-corrected chi connectivity index (χ4v) is 2.94. The number of hydrazine groups is 1. The largest absolute Gasteiger partial charge is 0.293 e. The molecule has 0 unspecified atom stereocenters. The molecule has 0 aliphatic carbocycles. The number of halogens is 1. The van der Waals surface area contributed by atoms with Crippen LogP contribution in [0.4, 0.5) is 0 Å². The molecule has 2 rings (SSSR count). The van der Waals surface area contributed by atoms with Crippen LogP contribution in [0.1, 0.15) is 16.3 Å². The van der Waals surface area contributed by atoms with Crippen molar-refractivity contribution >= 4 is 34.8 Å². The minimum absolute atomic E-state index is 0.152. The Balaban J connectivity index is 1.70. The zero-order valence-corrected chi connectivity index (χ0v) is 15.1. The number of rotatable bonds is 6. The van der Waals surface area contributed by atoms with Crippen molar-refractivity contribution in [1.82, 2.24) is 20.7 Å². The van der Waals surface area contributed by atoms with Gasteiger partial charge in [-0.05, 0) is 31.7 Å².